The lowest BCUT2D eigenvalue weighted by Gasteiger charge is -2.40. The Labute approximate surface area is 164 Å². The van der Waals surface area contributed by atoms with Crippen LogP contribution in [0.15, 0.2) is 60.7 Å². The Bertz CT molecular complexity index is 596. The van der Waals surface area contributed by atoms with Gasteiger partial charge in [0.1, 0.15) is 5.60 Å². The predicted octanol–water partition coefficient (Wildman–Crippen LogP) is 5.39. The van der Waals surface area contributed by atoms with Crippen molar-refractivity contribution in [2.75, 3.05) is 6.54 Å². The molecule has 1 heterocycles. The number of rotatable bonds is 6. The molecule has 1 N–H and O–H groups in total. The lowest BCUT2D eigenvalue weighted by molar-refractivity contribution is 0.0522. The molecule has 1 aliphatic rings. The summed E-state index contributed by atoms with van der Waals surface area (Å²) in [6.45, 7) is 5.75. The first kappa shape index (κ1) is 21.0. The van der Waals surface area contributed by atoms with E-state index in [1.807, 2.05) is 60.7 Å². The Morgan fingerprint density at radius 2 is 1.35 bits per heavy atom. The molecular formula is C23H32ClNO. The van der Waals surface area contributed by atoms with Crippen molar-refractivity contribution in [3.63, 3.8) is 0 Å². The summed E-state index contributed by atoms with van der Waals surface area (Å²) in [5.74, 6) is 0. The van der Waals surface area contributed by atoms with Gasteiger partial charge in [-0.25, -0.2) is 0 Å². The van der Waals surface area contributed by atoms with Gasteiger partial charge in [0.05, 0.1) is 0 Å². The molecule has 0 spiro atoms. The van der Waals surface area contributed by atoms with Gasteiger partial charge in [-0.3, -0.25) is 4.90 Å². The van der Waals surface area contributed by atoms with E-state index in [1.54, 1.807) is 0 Å². The zero-order valence-electron chi connectivity index (χ0n) is 16.0. The molecule has 3 rings (SSSR count). The molecule has 1 aliphatic heterocycles. The summed E-state index contributed by atoms with van der Waals surface area (Å²) >= 11 is 0. The van der Waals surface area contributed by atoms with E-state index in [0.29, 0.717) is 12.1 Å². The number of halogens is 1. The number of hydrogen-bond acceptors (Lipinski definition) is 2. The summed E-state index contributed by atoms with van der Waals surface area (Å²) < 4.78 is 0. The van der Waals surface area contributed by atoms with Gasteiger partial charge in [0.25, 0.3) is 0 Å². The van der Waals surface area contributed by atoms with Gasteiger partial charge in [-0.1, -0.05) is 67.1 Å². The Hall–Kier alpha value is -1.35. The normalized spacial score (nSPS) is 21.2. The molecule has 2 atom stereocenters. The van der Waals surface area contributed by atoms with Gasteiger partial charge in [-0.05, 0) is 57.2 Å². The summed E-state index contributed by atoms with van der Waals surface area (Å²) in [6.07, 6.45) is 5.68. The van der Waals surface area contributed by atoms with Gasteiger partial charge in [0.2, 0.25) is 0 Å². The van der Waals surface area contributed by atoms with Gasteiger partial charge in [0.15, 0.2) is 0 Å². The molecule has 0 unspecified atom stereocenters. The second-order valence-electron chi connectivity index (χ2n) is 7.56. The van der Waals surface area contributed by atoms with Crippen LogP contribution in [0.2, 0.25) is 0 Å². The number of piperidine rings is 1. The van der Waals surface area contributed by atoms with E-state index in [4.69, 9.17) is 0 Å². The highest BCUT2D eigenvalue weighted by molar-refractivity contribution is 5.85. The lowest BCUT2D eigenvalue weighted by Crippen LogP contribution is -2.44. The fourth-order valence-corrected chi connectivity index (χ4v) is 4.32. The minimum Gasteiger partial charge on any atom is -0.380 e. The van der Waals surface area contributed by atoms with Gasteiger partial charge >= 0.3 is 0 Å². The Morgan fingerprint density at radius 3 is 1.81 bits per heavy atom. The minimum absolute atomic E-state index is 0. The van der Waals surface area contributed by atoms with Crippen LogP contribution in [0, 0.1) is 0 Å². The fourth-order valence-electron chi connectivity index (χ4n) is 4.32. The first-order chi connectivity index (χ1) is 12.1. The average molecular weight is 374 g/mol. The largest absolute Gasteiger partial charge is 0.380 e. The van der Waals surface area contributed by atoms with E-state index in [1.165, 1.54) is 19.3 Å². The highest BCUT2D eigenvalue weighted by atomic mass is 35.5. The SMILES string of the molecule is C[C@@H]1CCC[C@H](C)N1CCCC(O)(c1ccccc1)c1ccccc1.Cl. The quantitative estimate of drug-likeness (QED) is 0.734. The molecule has 3 heteroatoms. The van der Waals surface area contributed by atoms with Crippen molar-refractivity contribution in [1.29, 1.82) is 0 Å². The molecule has 2 aromatic rings. The van der Waals surface area contributed by atoms with Crippen molar-refractivity contribution in [3.8, 4) is 0 Å². The van der Waals surface area contributed by atoms with Crippen molar-refractivity contribution in [2.24, 2.45) is 0 Å². The maximum Gasteiger partial charge on any atom is 0.115 e. The number of benzene rings is 2. The summed E-state index contributed by atoms with van der Waals surface area (Å²) in [5, 5.41) is 11.6. The Balaban J connectivity index is 0.00000243. The van der Waals surface area contributed by atoms with Gasteiger partial charge in [-0.2, -0.15) is 0 Å². The molecule has 0 radical (unpaired) electrons. The van der Waals surface area contributed by atoms with Crippen LogP contribution in [0.5, 0.6) is 0 Å². The van der Waals surface area contributed by atoms with Crippen LogP contribution < -0.4 is 0 Å². The van der Waals surface area contributed by atoms with Crippen molar-refractivity contribution in [3.05, 3.63) is 71.8 Å². The van der Waals surface area contributed by atoms with Crippen LogP contribution in [0.3, 0.4) is 0 Å². The Kier molecular flexibility index (Phi) is 7.69. The third kappa shape index (κ3) is 4.68. The predicted molar refractivity (Wildman–Crippen MR) is 112 cm³/mol. The number of nitrogens with zero attached hydrogens (tertiary/aromatic N) is 1. The van der Waals surface area contributed by atoms with Crippen LogP contribution >= 0.6 is 12.4 Å². The van der Waals surface area contributed by atoms with Crippen LogP contribution in [0.4, 0.5) is 0 Å². The summed E-state index contributed by atoms with van der Waals surface area (Å²) in [6, 6.07) is 21.5. The van der Waals surface area contributed by atoms with E-state index >= 15 is 0 Å². The standard InChI is InChI=1S/C23H31NO.ClH/c1-19-11-9-12-20(2)24(19)18-10-17-23(25,21-13-5-3-6-14-21)22-15-7-4-8-16-22;/h3-8,13-16,19-20,25H,9-12,17-18H2,1-2H3;1H/t19-,20+;. The second kappa shape index (κ2) is 9.55. The first-order valence-electron chi connectivity index (χ1n) is 9.70. The number of hydrogen-bond donors (Lipinski definition) is 1. The van der Waals surface area contributed by atoms with Crippen LogP contribution in [-0.4, -0.2) is 28.6 Å². The first-order valence-corrected chi connectivity index (χ1v) is 9.70. The molecule has 0 amide bonds. The van der Waals surface area contributed by atoms with Crippen molar-refractivity contribution in [2.45, 2.75) is 63.6 Å². The van der Waals surface area contributed by atoms with Gasteiger partial charge < -0.3 is 5.11 Å². The van der Waals surface area contributed by atoms with E-state index in [-0.39, 0.29) is 12.4 Å². The van der Waals surface area contributed by atoms with Gasteiger partial charge in [0, 0.05) is 12.1 Å². The van der Waals surface area contributed by atoms with Crippen LogP contribution in [0.25, 0.3) is 0 Å². The van der Waals surface area contributed by atoms with E-state index in [2.05, 4.69) is 18.7 Å². The van der Waals surface area contributed by atoms with Crippen molar-refractivity contribution >= 4 is 12.4 Å². The highest BCUT2D eigenvalue weighted by Gasteiger charge is 2.32. The molecule has 26 heavy (non-hydrogen) atoms. The van der Waals surface area contributed by atoms with E-state index in [9.17, 15) is 5.11 Å². The highest BCUT2D eigenvalue weighted by Crippen LogP contribution is 2.34. The number of aliphatic hydroxyl groups is 1. The molecular weight excluding hydrogens is 342 g/mol. The summed E-state index contributed by atoms with van der Waals surface area (Å²) in [4.78, 5) is 2.62. The molecule has 0 saturated carbocycles. The lowest BCUT2D eigenvalue weighted by atomic mass is 9.82. The second-order valence-corrected chi connectivity index (χ2v) is 7.56. The molecule has 0 aliphatic carbocycles. The maximum absolute atomic E-state index is 11.6. The molecule has 142 valence electrons. The molecule has 0 aromatic heterocycles. The maximum atomic E-state index is 11.6. The third-order valence-electron chi connectivity index (χ3n) is 5.83. The Morgan fingerprint density at radius 1 is 0.885 bits per heavy atom. The molecule has 1 saturated heterocycles. The fraction of sp³-hybridized carbons (Fsp3) is 0.478. The van der Waals surface area contributed by atoms with E-state index < -0.39 is 5.60 Å². The average Bonchev–Trinajstić information content (AvgIpc) is 2.65. The van der Waals surface area contributed by atoms with Crippen molar-refractivity contribution < 1.29 is 5.11 Å². The molecule has 2 aromatic carbocycles. The molecule has 1 fully saturated rings. The monoisotopic (exact) mass is 373 g/mol. The zero-order valence-corrected chi connectivity index (χ0v) is 16.8. The minimum atomic E-state index is -0.912. The van der Waals surface area contributed by atoms with Gasteiger partial charge in [-0.15, -0.1) is 12.4 Å². The van der Waals surface area contributed by atoms with E-state index in [0.717, 1.165) is 30.5 Å². The van der Waals surface area contributed by atoms with Crippen LogP contribution in [0.1, 0.15) is 57.1 Å². The van der Waals surface area contributed by atoms with Crippen LogP contribution in [-0.2, 0) is 5.60 Å². The topological polar surface area (TPSA) is 23.5 Å². The summed E-state index contributed by atoms with van der Waals surface area (Å²) in [5.41, 5.74) is 1.06. The third-order valence-corrected chi connectivity index (χ3v) is 5.83. The summed E-state index contributed by atoms with van der Waals surface area (Å²) in [7, 11) is 0. The molecule has 0 bridgehead atoms. The van der Waals surface area contributed by atoms with Crippen molar-refractivity contribution in [1.82, 2.24) is 4.90 Å². The smallest absolute Gasteiger partial charge is 0.115 e. The molecule has 2 nitrogen and oxygen atoms in total. The zero-order chi connectivity index (χ0) is 17.7. The number of likely N-dealkylation sites (tertiary alicyclic amines) is 1.